The fourth-order valence-corrected chi connectivity index (χ4v) is 2.37. The van der Waals surface area contributed by atoms with Gasteiger partial charge in [0, 0.05) is 31.4 Å². The maximum atomic E-state index is 4.53. The molecule has 2 heterocycles. The largest absolute Gasteiger partial charge is 0.333 e. The molecule has 0 amide bonds. The summed E-state index contributed by atoms with van der Waals surface area (Å²) < 4.78 is 2.30. The van der Waals surface area contributed by atoms with E-state index in [1.807, 2.05) is 13.2 Å². The highest BCUT2D eigenvalue weighted by Crippen LogP contribution is 2.25. The van der Waals surface area contributed by atoms with Crippen molar-refractivity contribution >= 4 is 0 Å². The smallest absolute Gasteiger partial charge is 0.111 e. The van der Waals surface area contributed by atoms with Crippen LogP contribution in [0.1, 0.15) is 24.6 Å². The zero-order chi connectivity index (χ0) is 11.4. The summed E-state index contributed by atoms with van der Waals surface area (Å²) in [6.45, 7) is 4.43. The summed E-state index contributed by atoms with van der Waals surface area (Å²) in [5, 5.41) is 3.19. The van der Waals surface area contributed by atoms with Gasteiger partial charge in [-0.2, -0.15) is 0 Å². The van der Waals surface area contributed by atoms with E-state index in [0.29, 0.717) is 5.92 Å². The van der Waals surface area contributed by atoms with Crippen LogP contribution in [0.2, 0.25) is 0 Å². The molecule has 16 heavy (non-hydrogen) atoms. The molecule has 0 saturated carbocycles. The Balaban J connectivity index is 1.99. The Hall–Kier alpha value is -0.870. The zero-order valence-electron chi connectivity index (χ0n) is 10.3. The standard InChI is InChI=1S/C12H22N4/c1-13-5-9-16-10-6-14-12(16)11-3-7-15(2)8-4-11/h6,10-11,13H,3-5,7-9H2,1-2H3. The minimum absolute atomic E-state index is 0.656. The van der Waals surface area contributed by atoms with Crippen molar-refractivity contribution < 1.29 is 0 Å². The molecule has 0 atom stereocenters. The Morgan fingerprint density at radius 2 is 2.19 bits per heavy atom. The Kier molecular flexibility index (Phi) is 3.96. The van der Waals surface area contributed by atoms with Crippen molar-refractivity contribution in [1.82, 2.24) is 19.8 Å². The molecule has 1 aliphatic heterocycles. The minimum Gasteiger partial charge on any atom is -0.333 e. The summed E-state index contributed by atoms with van der Waals surface area (Å²) >= 11 is 0. The number of nitrogens with zero attached hydrogens (tertiary/aromatic N) is 3. The summed E-state index contributed by atoms with van der Waals surface area (Å²) in [7, 11) is 4.19. The third-order valence-corrected chi connectivity index (χ3v) is 3.43. The van der Waals surface area contributed by atoms with Crippen molar-refractivity contribution in [3.8, 4) is 0 Å². The van der Waals surface area contributed by atoms with Crippen LogP contribution in [0.3, 0.4) is 0 Å². The number of piperidine rings is 1. The van der Waals surface area contributed by atoms with Gasteiger partial charge < -0.3 is 14.8 Å². The molecule has 1 fully saturated rings. The van der Waals surface area contributed by atoms with Crippen LogP contribution >= 0.6 is 0 Å². The van der Waals surface area contributed by atoms with Gasteiger partial charge in [-0.3, -0.25) is 0 Å². The number of hydrogen-bond donors (Lipinski definition) is 1. The van der Waals surface area contributed by atoms with Crippen LogP contribution in [-0.4, -0.2) is 48.2 Å². The van der Waals surface area contributed by atoms with E-state index in [1.54, 1.807) is 0 Å². The van der Waals surface area contributed by atoms with Gasteiger partial charge in [0.1, 0.15) is 5.82 Å². The summed E-state index contributed by atoms with van der Waals surface area (Å²) in [4.78, 5) is 6.93. The molecule has 0 radical (unpaired) electrons. The van der Waals surface area contributed by atoms with Crippen LogP contribution in [0, 0.1) is 0 Å². The lowest BCUT2D eigenvalue weighted by Gasteiger charge is -2.28. The number of nitrogens with one attached hydrogen (secondary N) is 1. The van der Waals surface area contributed by atoms with E-state index in [2.05, 4.69) is 33.0 Å². The zero-order valence-corrected chi connectivity index (χ0v) is 10.3. The first-order valence-electron chi connectivity index (χ1n) is 6.15. The average Bonchev–Trinajstić information content (AvgIpc) is 2.75. The molecule has 4 heteroatoms. The molecule has 4 nitrogen and oxygen atoms in total. The lowest BCUT2D eigenvalue weighted by atomic mass is 9.96. The Morgan fingerprint density at radius 3 is 2.88 bits per heavy atom. The van der Waals surface area contributed by atoms with Crippen LogP contribution in [0.5, 0.6) is 0 Å². The van der Waals surface area contributed by atoms with Crippen LogP contribution in [0.25, 0.3) is 0 Å². The Labute approximate surface area is 97.7 Å². The van der Waals surface area contributed by atoms with Crippen LogP contribution in [0.15, 0.2) is 12.4 Å². The first-order valence-corrected chi connectivity index (χ1v) is 6.15. The van der Waals surface area contributed by atoms with Crippen LogP contribution in [-0.2, 0) is 6.54 Å². The predicted octanol–water partition coefficient (Wildman–Crippen LogP) is 0.912. The molecular weight excluding hydrogens is 200 g/mol. The first kappa shape index (κ1) is 11.6. The van der Waals surface area contributed by atoms with Gasteiger partial charge in [0.05, 0.1) is 0 Å². The van der Waals surface area contributed by atoms with E-state index in [0.717, 1.165) is 13.1 Å². The van der Waals surface area contributed by atoms with Crippen LogP contribution in [0.4, 0.5) is 0 Å². The van der Waals surface area contributed by atoms with Crippen molar-refractivity contribution in [1.29, 1.82) is 0 Å². The summed E-state index contributed by atoms with van der Waals surface area (Å²) in [5.41, 5.74) is 0. The number of hydrogen-bond acceptors (Lipinski definition) is 3. The molecule has 1 aromatic rings. The highest BCUT2D eigenvalue weighted by atomic mass is 15.1. The van der Waals surface area contributed by atoms with Crippen molar-refractivity contribution in [3.63, 3.8) is 0 Å². The van der Waals surface area contributed by atoms with Gasteiger partial charge in [0.2, 0.25) is 0 Å². The van der Waals surface area contributed by atoms with Crippen molar-refractivity contribution in [2.24, 2.45) is 0 Å². The topological polar surface area (TPSA) is 33.1 Å². The Morgan fingerprint density at radius 1 is 1.44 bits per heavy atom. The second-order valence-corrected chi connectivity index (χ2v) is 4.66. The number of likely N-dealkylation sites (tertiary alicyclic amines) is 1. The maximum Gasteiger partial charge on any atom is 0.111 e. The lowest BCUT2D eigenvalue weighted by molar-refractivity contribution is 0.248. The highest BCUT2D eigenvalue weighted by Gasteiger charge is 2.21. The number of aromatic nitrogens is 2. The lowest BCUT2D eigenvalue weighted by Crippen LogP contribution is -2.30. The monoisotopic (exact) mass is 222 g/mol. The summed E-state index contributed by atoms with van der Waals surface area (Å²) in [6, 6.07) is 0. The second kappa shape index (κ2) is 5.46. The molecule has 2 rings (SSSR count). The van der Waals surface area contributed by atoms with Crippen LogP contribution < -0.4 is 5.32 Å². The number of likely N-dealkylation sites (N-methyl/N-ethyl adjacent to an activating group) is 1. The van der Waals surface area contributed by atoms with E-state index in [4.69, 9.17) is 0 Å². The van der Waals surface area contributed by atoms with Gasteiger partial charge in [0.25, 0.3) is 0 Å². The summed E-state index contributed by atoms with van der Waals surface area (Å²) in [6.07, 6.45) is 6.52. The molecule has 1 aromatic heterocycles. The Bertz CT molecular complexity index is 313. The minimum atomic E-state index is 0.656. The van der Waals surface area contributed by atoms with E-state index in [9.17, 15) is 0 Å². The fraction of sp³-hybridized carbons (Fsp3) is 0.750. The molecule has 1 saturated heterocycles. The van der Waals surface area contributed by atoms with Crippen molar-refractivity contribution in [2.45, 2.75) is 25.3 Å². The van der Waals surface area contributed by atoms with Gasteiger partial charge in [-0.25, -0.2) is 4.98 Å². The molecular formula is C12H22N4. The first-order chi connectivity index (χ1) is 7.81. The molecule has 1 N–H and O–H groups in total. The normalized spacial score (nSPS) is 19.1. The van der Waals surface area contributed by atoms with Gasteiger partial charge >= 0.3 is 0 Å². The molecule has 0 unspecified atom stereocenters. The summed E-state index contributed by atoms with van der Waals surface area (Å²) in [5.74, 6) is 1.94. The van der Waals surface area contributed by atoms with Crippen molar-refractivity contribution in [2.75, 3.05) is 33.7 Å². The quantitative estimate of drug-likeness (QED) is 0.822. The van der Waals surface area contributed by atoms with E-state index in [-0.39, 0.29) is 0 Å². The molecule has 0 spiro atoms. The highest BCUT2D eigenvalue weighted by molar-refractivity contribution is 5.02. The molecule has 1 aliphatic rings. The van der Waals surface area contributed by atoms with Gasteiger partial charge in [-0.1, -0.05) is 0 Å². The van der Waals surface area contributed by atoms with Gasteiger partial charge in [-0.15, -0.1) is 0 Å². The van der Waals surface area contributed by atoms with Gasteiger partial charge in [0.15, 0.2) is 0 Å². The maximum absolute atomic E-state index is 4.53. The predicted molar refractivity (Wildman–Crippen MR) is 65.6 cm³/mol. The van der Waals surface area contributed by atoms with Crippen molar-refractivity contribution in [3.05, 3.63) is 18.2 Å². The molecule has 0 aliphatic carbocycles. The van der Waals surface area contributed by atoms with Gasteiger partial charge in [-0.05, 0) is 40.0 Å². The second-order valence-electron chi connectivity index (χ2n) is 4.66. The SMILES string of the molecule is CNCCn1ccnc1C1CCN(C)CC1. The van der Waals surface area contributed by atoms with E-state index >= 15 is 0 Å². The molecule has 0 aromatic carbocycles. The van der Waals surface area contributed by atoms with E-state index < -0.39 is 0 Å². The number of imidazole rings is 1. The number of rotatable bonds is 4. The third-order valence-electron chi connectivity index (χ3n) is 3.43. The molecule has 90 valence electrons. The molecule has 0 bridgehead atoms. The van der Waals surface area contributed by atoms with E-state index in [1.165, 1.54) is 31.8 Å². The fourth-order valence-electron chi connectivity index (χ4n) is 2.37. The third kappa shape index (κ3) is 2.62. The average molecular weight is 222 g/mol.